The van der Waals surface area contributed by atoms with E-state index in [0.29, 0.717) is 10.2 Å². The van der Waals surface area contributed by atoms with Crippen molar-refractivity contribution in [2.45, 2.75) is 0 Å². The van der Waals surface area contributed by atoms with Crippen molar-refractivity contribution >= 4 is 54.8 Å². The highest BCUT2D eigenvalue weighted by atomic mass is 35.5. The number of nitrogens with one attached hydrogen (secondary N) is 1. The highest BCUT2D eigenvalue weighted by molar-refractivity contribution is 7.23. The number of rotatable bonds is 4. The Bertz CT molecular complexity index is 997. The van der Waals surface area contributed by atoms with E-state index in [1.165, 1.54) is 22.7 Å². The van der Waals surface area contributed by atoms with E-state index in [-0.39, 0.29) is 0 Å². The molecule has 0 bridgehead atoms. The lowest BCUT2D eigenvalue weighted by Gasteiger charge is -1.99. The molecule has 0 radical (unpaired) electrons. The van der Waals surface area contributed by atoms with Crippen LogP contribution in [-0.4, -0.2) is 22.3 Å². The molecule has 0 unspecified atom stereocenters. The Morgan fingerprint density at radius 3 is 2.62 bits per heavy atom. The Balaban J connectivity index is 1.57. The van der Waals surface area contributed by atoms with E-state index >= 15 is 0 Å². The molecule has 2 aromatic carbocycles. The van der Waals surface area contributed by atoms with Gasteiger partial charge in [0.15, 0.2) is 5.13 Å². The number of thiazole rings is 1. The molecule has 0 saturated carbocycles. The molecule has 2 heterocycles. The van der Waals surface area contributed by atoms with Gasteiger partial charge in [-0.2, -0.15) is 0 Å². The first-order valence-corrected chi connectivity index (χ1v) is 9.03. The summed E-state index contributed by atoms with van der Waals surface area (Å²) in [5.41, 5.74) is 1.91. The van der Waals surface area contributed by atoms with Crippen molar-refractivity contribution in [2.75, 3.05) is 12.4 Å². The molecular weight excluding hydrogens is 364 g/mol. The van der Waals surface area contributed by atoms with Crippen LogP contribution < -0.4 is 10.1 Å². The van der Waals surface area contributed by atoms with E-state index in [1.807, 2.05) is 42.5 Å². The molecule has 0 atom stereocenters. The Morgan fingerprint density at radius 1 is 1.00 bits per heavy atom. The minimum Gasteiger partial charge on any atom is -0.497 e. The number of hydrogen-bond acceptors (Lipinski definition) is 7. The molecule has 0 aliphatic heterocycles. The van der Waals surface area contributed by atoms with Crippen molar-refractivity contribution < 1.29 is 4.74 Å². The first-order valence-electron chi connectivity index (χ1n) is 7.02. The van der Waals surface area contributed by atoms with Crippen LogP contribution in [0.1, 0.15) is 0 Å². The topological polar surface area (TPSA) is 59.9 Å². The van der Waals surface area contributed by atoms with E-state index < -0.39 is 0 Å². The molecule has 1 N–H and O–H groups in total. The summed E-state index contributed by atoms with van der Waals surface area (Å²) in [6, 6.07) is 13.4. The van der Waals surface area contributed by atoms with Crippen LogP contribution in [0.5, 0.6) is 5.75 Å². The Labute approximate surface area is 150 Å². The summed E-state index contributed by atoms with van der Waals surface area (Å²) < 4.78 is 6.20. The van der Waals surface area contributed by atoms with Crippen molar-refractivity contribution in [3.8, 4) is 16.3 Å². The van der Waals surface area contributed by atoms with Crippen LogP contribution in [0, 0.1) is 0 Å². The summed E-state index contributed by atoms with van der Waals surface area (Å²) in [4.78, 5) is 4.52. The minimum atomic E-state index is 0.700. The zero-order chi connectivity index (χ0) is 16.5. The SMILES string of the molecule is COc1ccc(-c2nnc(Nc3nc4ccc(Cl)cc4s3)s2)cc1. The fraction of sp³-hybridized carbons (Fsp3) is 0.0625. The van der Waals surface area contributed by atoms with Gasteiger partial charge in [-0.05, 0) is 42.5 Å². The third-order valence-corrected chi connectivity index (χ3v) is 5.38. The van der Waals surface area contributed by atoms with E-state index in [0.717, 1.165) is 31.7 Å². The lowest BCUT2D eigenvalue weighted by Crippen LogP contribution is -1.87. The number of ether oxygens (including phenoxy) is 1. The number of benzene rings is 2. The van der Waals surface area contributed by atoms with Crippen LogP contribution in [0.2, 0.25) is 5.02 Å². The van der Waals surface area contributed by atoms with Crippen LogP contribution >= 0.6 is 34.3 Å². The highest BCUT2D eigenvalue weighted by Crippen LogP contribution is 2.33. The Morgan fingerprint density at radius 2 is 1.83 bits per heavy atom. The maximum atomic E-state index is 6.01. The van der Waals surface area contributed by atoms with Gasteiger partial charge < -0.3 is 10.1 Å². The summed E-state index contributed by atoms with van der Waals surface area (Å²) in [6.45, 7) is 0. The molecule has 5 nitrogen and oxygen atoms in total. The number of nitrogens with zero attached hydrogens (tertiary/aromatic N) is 3. The number of anilines is 2. The van der Waals surface area contributed by atoms with Gasteiger partial charge in [-0.1, -0.05) is 34.3 Å². The molecule has 0 saturated heterocycles. The number of fused-ring (bicyclic) bond motifs is 1. The smallest absolute Gasteiger partial charge is 0.212 e. The van der Waals surface area contributed by atoms with Crippen molar-refractivity contribution in [1.29, 1.82) is 0 Å². The average molecular weight is 375 g/mol. The highest BCUT2D eigenvalue weighted by Gasteiger charge is 2.10. The van der Waals surface area contributed by atoms with E-state index in [4.69, 9.17) is 16.3 Å². The van der Waals surface area contributed by atoms with Gasteiger partial charge in [-0.3, -0.25) is 0 Å². The zero-order valence-electron chi connectivity index (χ0n) is 12.5. The van der Waals surface area contributed by atoms with Gasteiger partial charge in [0.05, 0.1) is 17.3 Å². The largest absolute Gasteiger partial charge is 0.497 e. The molecule has 24 heavy (non-hydrogen) atoms. The van der Waals surface area contributed by atoms with Crippen LogP contribution in [0.3, 0.4) is 0 Å². The second-order valence-corrected chi connectivity index (χ2v) is 7.34. The summed E-state index contributed by atoms with van der Waals surface area (Å²) >= 11 is 9.02. The van der Waals surface area contributed by atoms with Gasteiger partial charge in [0.2, 0.25) is 5.13 Å². The van der Waals surface area contributed by atoms with Crippen molar-refractivity contribution in [3.05, 3.63) is 47.5 Å². The predicted octanol–water partition coefficient (Wildman–Crippen LogP) is 5.22. The molecule has 8 heteroatoms. The molecule has 0 aliphatic rings. The Hall–Kier alpha value is -2.22. The molecule has 0 fully saturated rings. The van der Waals surface area contributed by atoms with Gasteiger partial charge >= 0.3 is 0 Å². The van der Waals surface area contributed by atoms with E-state index in [9.17, 15) is 0 Å². The quantitative estimate of drug-likeness (QED) is 0.530. The monoisotopic (exact) mass is 374 g/mol. The molecule has 2 aromatic heterocycles. The van der Waals surface area contributed by atoms with Gasteiger partial charge in [-0.25, -0.2) is 4.98 Å². The summed E-state index contributed by atoms with van der Waals surface area (Å²) in [5, 5.41) is 14.6. The summed E-state index contributed by atoms with van der Waals surface area (Å²) in [7, 11) is 1.65. The molecular formula is C16H11ClN4OS2. The minimum absolute atomic E-state index is 0.700. The first kappa shape index (κ1) is 15.3. The van der Waals surface area contributed by atoms with Crippen molar-refractivity contribution in [2.24, 2.45) is 0 Å². The first-order chi connectivity index (χ1) is 11.7. The number of halogens is 1. The third-order valence-electron chi connectivity index (χ3n) is 3.33. The summed E-state index contributed by atoms with van der Waals surface area (Å²) in [5.74, 6) is 0.815. The van der Waals surface area contributed by atoms with Gasteiger partial charge in [0, 0.05) is 10.6 Å². The second-order valence-electron chi connectivity index (χ2n) is 4.90. The Kier molecular flexibility index (Phi) is 4.05. The van der Waals surface area contributed by atoms with E-state index in [2.05, 4.69) is 20.5 Å². The van der Waals surface area contributed by atoms with Gasteiger partial charge in [0.1, 0.15) is 10.8 Å². The molecule has 4 rings (SSSR count). The zero-order valence-corrected chi connectivity index (χ0v) is 14.9. The lowest BCUT2D eigenvalue weighted by molar-refractivity contribution is 0.415. The van der Waals surface area contributed by atoms with Gasteiger partial charge in [0.25, 0.3) is 0 Å². The maximum Gasteiger partial charge on any atom is 0.212 e. The second kappa shape index (κ2) is 6.35. The van der Waals surface area contributed by atoms with Crippen molar-refractivity contribution in [3.63, 3.8) is 0 Å². The fourth-order valence-corrected chi connectivity index (χ4v) is 4.12. The third kappa shape index (κ3) is 3.06. The molecule has 0 amide bonds. The standard InChI is InChI=1S/C16H11ClN4OS2/c1-22-11-5-2-9(3-6-11)14-20-21-16(24-14)19-15-18-12-7-4-10(17)8-13(12)23-15/h2-8H,1H3,(H,18,19,21). The molecule has 4 aromatic rings. The van der Waals surface area contributed by atoms with E-state index in [1.54, 1.807) is 7.11 Å². The van der Waals surface area contributed by atoms with Crippen LogP contribution in [0.4, 0.5) is 10.3 Å². The number of aromatic nitrogens is 3. The lowest BCUT2D eigenvalue weighted by atomic mass is 10.2. The predicted molar refractivity (Wildman–Crippen MR) is 99.8 cm³/mol. The molecule has 120 valence electrons. The van der Waals surface area contributed by atoms with Crippen molar-refractivity contribution in [1.82, 2.24) is 15.2 Å². The average Bonchev–Trinajstić information content (AvgIpc) is 3.21. The van der Waals surface area contributed by atoms with Crippen LogP contribution in [0.15, 0.2) is 42.5 Å². The number of methoxy groups -OCH3 is 1. The van der Waals surface area contributed by atoms with Crippen LogP contribution in [-0.2, 0) is 0 Å². The maximum absolute atomic E-state index is 6.01. The molecule has 0 spiro atoms. The normalized spacial score (nSPS) is 10.9. The molecule has 0 aliphatic carbocycles. The van der Waals surface area contributed by atoms with Gasteiger partial charge in [-0.15, -0.1) is 10.2 Å². The van der Waals surface area contributed by atoms with Crippen LogP contribution in [0.25, 0.3) is 20.8 Å². The fourth-order valence-electron chi connectivity index (χ4n) is 2.17. The number of hydrogen-bond donors (Lipinski definition) is 1. The summed E-state index contributed by atoms with van der Waals surface area (Å²) in [6.07, 6.45) is 0.